The van der Waals surface area contributed by atoms with E-state index in [4.69, 9.17) is 0 Å². The zero-order chi connectivity index (χ0) is 32.5. The van der Waals surface area contributed by atoms with Crippen LogP contribution in [0.1, 0.15) is 37.8 Å². The van der Waals surface area contributed by atoms with Crippen LogP contribution in [0.5, 0.6) is 0 Å². The molecule has 4 aromatic carbocycles. The number of nitrogens with zero attached hydrogens (tertiary/aromatic N) is 2. The van der Waals surface area contributed by atoms with E-state index in [-0.39, 0.29) is 36.2 Å². The number of hydrogen-bond acceptors (Lipinski definition) is 6. The minimum atomic E-state index is -0.0747. The summed E-state index contributed by atoms with van der Waals surface area (Å²) in [5, 5.41) is 6.43. The second-order valence-corrected chi connectivity index (χ2v) is 11.1. The Hall–Kier alpha value is -5.76. The van der Waals surface area contributed by atoms with E-state index < -0.39 is 0 Å². The molecule has 2 aliphatic heterocycles. The highest BCUT2D eigenvalue weighted by Crippen LogP contribution is 2.34. The summed E-state index contributed by atoms with van der Waals surface area (Å²) in [6.07, 6.45) is 3.34. The van der Waals surface area contributed by atoms with Gasteiger partial charge in [-0.1, -0.05) is 84.9 Å². The van der Waals surface area contributed by atoms with Crippen molar-refractivity contribution in [3.05, 3.63) is 144 Å². The summed E-state index contributed by atoms with van der Waals surface area (Å²) in [7, 11) is 0. The van der Waals surface area contributed by atoms with Crippen LogP contribution < -0.4 is 20.4 Å². The second-order valence-electron chi connectivity index (χ2n) is 11.1. The van der Waals surface area contributed by atoms with E-state index in [0.29, 0.717) is 24.5 Å². The van der Waals surface area contributed by atoms with Crippen molar-refractivity contribution in [1.82, 2.24) is 0 Å². The lowest BCUT2D eigenvalue weighted by Crippen LogP contribution is -2.29. The van der Waals surface area contributed by atoms with Gasteiger partial charge in [-0.2, -0.15) is 0 Å². The van der Waals surface area contributed by atoms with Crippen molar-refractivity contribution in [2.75, 3.05) is 20.4 Å². The van der Waals surface area contributed by atoms with Crippen LogP contribution in [-0.4, -0.2) is 23.4 Å². The van der Waals surface area contributed by atoms with Crippen LogP contribution in [0.25, 0.3) is 0 Å². The van der Waals surface area contributed by atoms with Crippen LogP contribution >= 0.6 is 0 Å². The van der Waals surface area contributed by atoms with Gasteiger partial charge in [0, 0.05) is 23.5 Å². The first-order valence-corrected chi connectivity index (χ1v) is 15.1. The predicted octanol–water partition coefficient (Wildman–Crippen LogP) is 7.02. The zero-order valence-electron chi connectivity index (χ0n) is 25.9. The number of hydrogen-bond donors (Lipinski definition) is 2. The van der Waals surface area contributed by atoms with Crippen molar-refractivity contribution >= 4 is 46.1 Å². The van der Waals surface area contributed by atoms with E-state index in [2.05, 4.69) is 10.6 Å². The van der Waals surface area contributed by atoms with Crippen LogP contribution in [-0.2, 0) is 32.3 Å². The molecule has 0 radical (unpaired) electrons. The SMILES string of the molecule is CC(=O)/C=C1/CC(=O)N(Cc2ccccc2)c2ccccc2N1.CC(=O)/C=C1/CC(=O)N(Cc2ccccc2)c2ccccc2N1. The average molecular weight is 613 g/mol. The number of allylic oxidation sites excluding steroid dienone is 2. The van der Waals surface area contributed by atoms with Crippen molar-refractivity contribution in [3.8, 4) is 0 Å². The first kappa shape index (κ1) is 31.7. The molecule has 6 rings (SSSR count). The summed E-state index contributed by atoms with van der Waals surface area (Å²) >= 11 is 0. The van der Waals surface area contributed by atoms with Gasteiger partial charge < -0.3 is 20.4 Å². The number of carbonyl (C=O) groups excluding carboxylic acids is 4. The highest BCUT2D eigenvalue weighted by molar-refractivity contribution is 6.02. The molecule has 0 fully saturated rings. The molecule has 0 bridgehead atoms. The van der Waals surface area contributed by atoms with Crippen molar-refractivity contribution in [2.24, 2.45) is 0 Å². The third-order valence-corrected chi connectivity index (χ3v) is 7.39. The minimum Gasteiger partial charge on any atom is -0.357 e. The number of benzene rings is 4. The van der Waals surface area contributed by atoms with Crippen LogP contribution in [0.4, 0.5) is 22.7 Å². The summed E-state index contributed by atoms with van der Waals surface area (Å²) in [4.78, 5) is 51.7. The molecule has 232 valence electrons. The number of carbonyl (C=O) groups is 4. The fourth-order valence-electron chi connectivity index (χ4n) is 5.39. The van der Waals surface area contributed by atoms with Gasteiger partial charge >= 0.3 is 0 Å². The largest absolute Gasteiger partial charge is 0.357 e. The van der Waals surface area contributed by atoms with Gasteiger partial charge in [-0.05, 0) is 49.2 Å². The molecule has 8 nitrogen and oxygen atoms in total. The molecular weight excluding hydrogens is 576 g/mol. The molecule has 2 amide bonds. The molecular formula is C38H36N4O4. The molecule has 0 atom stereocenters. The van der Waals surface area contributed by atoms with Gasteiger partial charge in [0.1, 0.15) is 0 Å². The molecule has 0 unspecified atom stereocenters. The average Bonchev–Trinajstić information content (AvgIpc) is 3.24. The summed E-state index contributed by atoms with van der Waals surface area (Å²) in [6, 6.07) is 35.1. The fraction of sp³-hybridized carbons (Fsp3) is 0.158. The lowest BCUT2D eigenvalue weighted by Gasteiger charge is -2.22. The van der Waals surface area contributed by atoms with E-state index in [1.807, 2.05) is 109 Å². The monoisotopic (exact) mass is 612 g/mol. The summed E-state index contributed by atoms with van der Waals surface area (Å²) in [5.41, 5.74) is 6.71. The summed E-state index contributed by atoms with van der Waals surface area (Å²) in [5.74, 6) is -0.207. The Morgan fingerprint density at radius 3 is 1.28 bits per heavy atom. The maximum absolute atomic E-state index is 12.7. The predicted molar refractivity (Wildman–Crippen MR) is 182 cm³/mol. The van der Waals surface area contributed by atoms with Crippen LogP contribution in [0, 0.1) is 0 Å². The van der Waals surface area contributed by atoms with Gasteiger partial charge in [0.15, 0.2) is 11.6 Å². The molecule has 0 aliphatic carbocycles. The molecule has 8 heteroatoms. The Morgan fingerprint density at radius 2 is 0.913 bits per heavy atom. The Labute approximate surface area is 269 Å². The van der Waals surface area contributed by atoms with E-state index in [1.165, 1.54) is 26.0 Å². The van der Waals surface area contributed by atoms with Gasteiger partial charge in [-0.15, -0.1) is 0 Å². The quantitative estimate of drug-likeness (QED) is 0.227. The van der Waals surface area contributed by atoms with E-state index in [1.54, 1.807) is 9.80 Å². The number of nitrogens with one attached hydrogen (secondary N) is 2. The van der Waals surface area contributed by atoms with Gasteiger partial charge in [-0.25, -0.2) is 0 Å². The fourth-order valence-corrected chi connectivity index (χ4v) is 5.39. The number of anilines is 4. The zero-order valence-corrected chi connectivity index (χ0v) is 25.9. The lowest BCUT2D eigenvalue weighted by molar-refractivity contribution is -0.118. The van der Waals surface area contributed by atoms with Gasteiger partial charge in [0.25, 0.3) is 0 Å². The van der Waals surface area contributed by atoms with Gasteiger partial charge in [0.2, 0.25) is 11.8 Å². The molecule has 0 saturated carbocycles. The second kappa shape index (κ2) is 14.8. The number of fused-ring (bicyclic) bond motifs is 2. The van der Waals surface area contributed by atoms with Gasteiger partial charge in [0.05, 0.1) is 48.7 Å². The highest BCUT2D eigenvalue weighted by atomic mass is 16.2. The van der Waals surface area contributed by atoms with Crippen LogP contribution in [0.15, 0.2) is 133 Å². The van der Waals surface area contributed by atoms with Crippen LogP contribution in [0.3, 0.4) is 0 Å². The van der Waals surface area contributed by atoms with E-state index >= 15 is 0 Å². The minimum absolute atomic E-state index is 0.0289. The molecule has 2 aliphatic rings. The van der Waals surface area contributed by atoms with Crippen molar-refractivity contribution in [1.29, 1.82) is 0 Å². The van der Waals surface area contributed by atoms with Gasteiger partial charge in [-0.3, -0.25) is 19.2 Å². The third kappa shape index (κ3) is 8.24. The molecule has 2 N–H and O–H groups in total. The molecule has 2 heterocycles. The highest BCUT2D eigenvalue weighted by Gasteiger charge is 2.25. The maximum atomic E-state index is 12.7. The topological polar surface area (TPSA) is 98.8 Å². The number of ketones is 2. The molecule has 46 heavy (non-hydrogen) atoms. The first-order valence-electron chi connectivity index (χ1n) is 15.1. The molecule has 4 aromatic rings. The first-order chi connectivity index (χ1) is 22.3. The standard InChI is InChI=1S/2C19H18N2O2/c2*1-14(22)11-16-12-19(23)21(13-15-7-3-2-4-8-15)18-10-6-5-9-17(18)20-16/h2*2-11,20H,12-13H2,1H3/b2*16-11-. The van der Waals surface area contributed by atoms with Crippen molar-refractivity contribution in [2.45, 2.75) is 39.8 Å². The Kier molecular flexibility index (Phi) is 10.2. The Morgan fingerprint density at radius 1 is 0.565 bits per heavy atom. The van der Waals surface area contributed by atoms with E-state index in [0.717, 1.165) is 33.9 Å². The number of rotatable bonds is 6. The summed E-state index contributed by atoms with van der Waals surface area (Å²) in [6.45, 7) is 3.98. The Bertz CT molecular complexity index is 1660. The summed E-state index contributed by atoms with van der Waals surface area (Å²) < 4.78 is 0. The van der Waals surface area contributed by atoms with Crippen molar-refractivity contribution < 1.29 is 19.2 Å². The molecule has 0 aromatic heterocycles. The smallest absolute Gasteiger partial charge is 0.233 e. The number of para-hydroxylation sites is 4. The van der Waals surface area contributed by atoms with Crippen molar-refractivity contribution in [3.63, 3.8) is 0 Å². The number of amides is 2. The molecule has 0 saturated heterocycles. The van der Waals surface area contributed by atoms with E-state index in [9.17, 15) is 19.2 Å². The lowest BCUT2D eigenvalue weighted by atomic mass is 10.1. The maximum Gasteiger partial charge on any atom is 0.233 e. The Balaban J connectivity index is 0.000000181. The van der Waals surface area contributed by atoms with Crippen LogP contribution in [0.2, 0.25) is 0 Å². The molecule has 0 spiro atoms. The normalized spacial score (nSPS) is 15.8. The third-order valence-electron chi connectivity index (χ3n) is 7.39.